The molecule has 0 aliphatic rings. The number of Topliss-reactive ketones (excluding diaryl/α,β-unsaturated/α-hetero) is 1. The van der Waals surface area contributed by atoms with Crippen molar-refractivity contribution in [2.24, 2.45) is 7.05 Å². The molecule has 0 aliphatic carbocycles. The quantitative estimate of drug-likeness (QED) is 0.359. The van der Waals surface area contributed by atoms with Crippen LogP contribution in [-0.4, -0.2) is 30.5 Å². The highest BCUT2D eigenvalue weighted by Gasteiger charge is 2.15. The fourth-order valence-corrected chi connectivity index (χ4v) is 3.91. The minimum Gasteiger partial charge on any atom is -0.339 e. The van der Waals surface area contributed by atoms with Gasteiger partial charge in [-0.3, -0.25) is 14.5 Å². The normalized spacial score (nSPS) is 11.0. The predicted molar refractivity (Wildman–Crippen MR) is 133 cm³/mol. The monoisotopic (exact) mass is 448 g/mol. The van der Waals surface area contributed by atoms with E-state index in [0.29, 0.717) is 29.3 Å². The third kappa shape index (κ3) is 4.28. The summed E-state index contributed by atoms with van der Waals surface area (Å²) < 4.78 is 1.72. The molecule has 0 atom stereocenters. The van der Waals surface area contributed by atoms with E-state index in [1.54, 1.807) is 23.3 Å². The number of pyridine rings is 1. The molecule has 0 unspecified atom stereocenters. The van der Waals surface area contributed by atoms with E-state index < -0.39 is 0 Å². The number of aromatic nitrogens is 5. The van der Waals surface area contributed by atoms with Gasteiger partial charge < -0.3 is 5.32 Å². The molecule has 0 radical (unpaired) electrons. The summed E-state index contributed by atoms with van der Waals surface area (Å²) in [7, 11) is 1.85. The Morgan fingerprint density at radius 2 is 1.88 bits per heavy atom. The lowest BCUT2D eigenvalue weighted by Gasteiger charge is -2.13. The molecule has 7 heteroatoms. The van der Waals surface area contributed by atoms with Gasteiger partial charge >= 0.3 is 0 Å². The Bertz CT molecular complexity index is 1510. The summed E-state index contributed by atoms with van der Waals surface area (Å²) in [5.74, 6) is 1.25. The number of benzene rings is 2. The summed E-state index contributed by atoms with van der Waals surface area (Å²) in [6, 6.07) is 17.5. The molecule has 3 aromatic heterocycles. The van der Waals surface area contributed by atoms with Gasteiger partial charge in [0.15, 0.2) is 17.3 Å². The maximum Gasteiger partial charge on any atom is 0.167 e. The smallest absolute Gasteiger partial charge is 0.167 e. The van der Waals surface area contributed by atoms with Crippen molar-refractivity contribution >= 4 is 28.3 Å². The maximum atomic E-state index is 13.0. The Morgan fingerprint density at radius 1 is 1.00 bits per heavy atom. The lowest BCUT2D eigenvalue weighted by atomic mass is 10.00. The number of hydrogen-bond donors (Lipinski definition) is 1. The average molecular weight is 449 g/mol. The number of carbonyl (C=O) groups excluding carboxylic acids is 1. The van der Waals surface area contributed by atoms with Crippen molar-refractivity contribution in [1.29, 1.82) is 0 Å². The predicted octanol–water partition coefficient (Wildman–Crippen LogP) is 5.21. The Labute approximate surface area is 197 Å². The van der Waals surface area contributed by atoms with Crippen molar-refractivity contribution in [3.8, 4) is 11.4 Å². The molecule has 5 aromatic rings. The molecule has 5 rings (SSSR count). The lowest BCUT2D eigenvalue weighted by Crippen LogP contribution is -2.06. The summed E-state index contributed by atoms with van der Waals surface area (Å²) in [5, 5.41) is 8.59. The van der Waals surface area contributed by atoms with Gasteiger partial charge in [-0.25, -0.2) is 9.97 Å². The zero-order valence-electron chi connectivity index (χ0n) is 19.3. The topological polar surface area (TPSA) is 85.6 Å². The van der Waals surface area contributed by atoms with E-state index in [0.717, 1.165) is 33.3 Å². The molecule has 0 spiro atoms. The van der Waals surface area contributed by atoms with Gasteiger partial charge in [0.05, 0.1) is 11.6 Å². The molecular formula is C27H24N6O. The third-order valence-corrected chi connectivity index (χ3v) is 5.77. The van der Waals surface area contributed by atoms with Gasteiger partial charge in [-0.2, -0.15) is 5.10 Å². The van der Waals surface area contributed by atoms with E-state index in [1.807, 2.05) is 75.5 Å². The van der Waals surface area contributed by atoms with Crippen molar-refractivity contribution < 1.29 is 4.79 Å². The molecule has 1 N–H and O–H groups in total. The SMILES string of the molecule is Cc1cccc(CC(=O)c2ccc(C)c(Nc3nc(-c4cccnc4)nc4c3cnn4C)c2)c1. The van der Waals surface area contributed by atoms with Crippen LogP contribution < -0.4 is 5.32 Å². The van der Waals surface area contributed by atoms with E-state index in [4.69, 9.17) is 4.98 Å². The first-order chi connectivity index (χ1) is 16.5. The molecule has 168 valence electrons. The van der Waals surface area contributed by atoms with Crippen molar-refractivity contribution in [3.05, 3.63) is 95.4 Å². The molecular weight excluding hydrogens is 424 g/mol. The first-order valence-electron chi connectivity index (χ1n) is 11.0. The van der Waals surface area contributed by atoms with Crippen LogP contribution in [0.3, 0.4) is 0 Å². The second-order valence-electron chi connectivity index (χ2n) is 8.39. The van der Waals surface area contributed by atoms with E-state index in [-0.39, 0.29) is 5.78 Å². The molecule has 0 amide bonds. The zero-order chi connectivity index (χ0) is 23.7. The van der Waals surface area contributed by atoms with E-state index in [1.165, 1.54) is 0 Å². The van der Waals surface area contributed by atoms with Crippen LogP contribution in [0.1, 0.15) is 27.0 Å². The van der Waals surface area contributed by atoms with Gasteiger partial charge in [0.1, 0.15) is 5.82 Å². The largest absolute Gasteiger partial charge is 0.339 e. The lowest BCUT2D eigenvalue weighted by molar-refractivity contribution is 0.0993. The fourth-order valence-electron chi connectivity index (χ4n) is 3.91. The van der Waals surface area contributed by atoms with Crippen LogP contribution in [0.25, 0.3) is 22.4 Å². The Balaban J connectivity index is 1.51. The summed E-state index contributed by atoms with van der Waals surface area (Å²) in [6.45, 7) is 4.03. The Morgan fingerprint density at radius 3 is 2.68 bits per heavy atom. The van der Waals surface area contributed by atoms with Crippen molar-refractivity contribution in [3.63, 3.8) is 0 Å². The summed E-state index contributed by atoms with van der Waals surface area (Å²) in [5.41, 5.74) is 6.15. The maximum absolute atomic E-state index is 13.0. The molecule has 0 aliphatic heterocycles. The average Bonchev–Trinajstić information content (AvgIpc) is 3.22. The van der Waals surface area contributed by atoms with Gasteiger partial charge in [-0.1, -0.05) is 42.0 Å². The highest BCUT2D eigenvalue weighted by Crippen LogP contribution is 2.29. The molecule has 2 aromatic carbocycles. The van der Waals surface area contributed by atoms with Crippen LogP contribution in [0.2, 0.25) is 0 Å². The minimum atomic E-state index is 0.0684. The molecule has 0 saturated heterocycles. The molecule has 0 fully saturated rings. The Hall–Kier alpha value is -4.39. The molecule has 3 heterocycles. The number of rotatable bonds is 6. The molecule has 7 nitrogen and oxygen atoms in total. The summed E-state index contributed by atoms with van der Waals surface area (Å²) in [4.78, 5) is 26.7. The number of ketones is 1. The highest BCUT2D eigenvalue weighted by atomic mass is 16.1. The fraction of sp³-hybridized carbons (Fsp3) is 0.148. The number of nitrogens with zero attached hydrogens (tertiary/aromatic N) is 5. The minimum absolute atomic E-state index is 0.0684. The van der Waals surface area contributed by atoms with Crippen molar-refractivity contribution in [1.82, 2.24) is 24.7 Å². The molecule has 34 heavy (non-hydrogen) atoms. The van der Waals surface area contributed by atoms with E-state index in [9.17, 15) is 4.79 Å². The number of carbonyl (C=O) groups is 1. The van der Waals surface area contributed by atoms with Gasteiger partial charge in [0.2, 0.25) is 0 Å². The Kier molecular flexibility index (Phi) is 5.59. The second kappa shape index (κ2) is 8.86. The van der Waals surface area contributed by atoms with Crippen LogP contribution >= 0.6 is 0 Å². The van der Waals surface area contributed by atoms with Crippen LogP contribution in [0.5, 0.6) is 0 Å². The highest BCUT2D eigenvalue weighted by molar-refractivity contribution is 5.99. The number of aryl methyl sites for hydroxylation is 3. The van der Waals surface area contributed by atoms with Crippen molar-refractivity contribution in [2.75, 3.05) is 5.32 Å². The van der Waals surface area contributed by atoms with Crippen molar-refractivity contribution in [2.45, 2.75) is 20.3 Å². The van der Waals surface area contributed by atoms with Gasteiger partial charge in [-0.05, 0) is 43.2 Å². The number of fused-ring (bicyclic) bond motifs is 1. The number of hydrogen-bond acceptors (Lipinski definition) is 6. The number of anilines is 2. The first kappa shape index (κ1) is 21.5. The van der Waals surface area contributed by atoms with E-state index >= 15 is 0 Å². The first-order valence-corrected chi connectivity index (χ1v) is 11.0. The standard InChI is InChI=1S/C27H24N6O/c1-17-6-4-7-19(12-17)13-24(34)20-10-9-18(2)23(14-20)30-26-22-16-29-33(3)27(22)32-25(31-26)21-8-5-11-28-15-21/h4-12,14-16H,13H2,1-3H3,(H,30,31,32). The summed E-state index contributed by atoms with van der Waals surface area (Å²) in [6.07, 6.45) is 5.55. The van der Waals surface area contributed by atoms with Crippen LogP contribution in [0.4, 0.5) is 11.5 Å². The zero-order valence-corrected chi connectivity index (χ0v) is 19.3. The third-order valence-electron chi connectivity index (χ3n) is 5.77. The van der Waals surface area contributed by atoms with Gasteiger partial charge in [0, 0.05) is 42.7 Å². The van der Waals surface area contributed by atoms with Crippen LogP contribution in [-0.2, 0) is 13.5 Å². The molecule has 0 saturated carbocycles. The number of nitrogens with one attached hydrogen (secondary N) is 1. The molecule has 0 bridgehead atoms. The van der Waals surface area contributed by atoms with Gasteiger partial charge in [0.25, 0.3) is 0 Å². The van der Waals surface area contributed by atoms with Crippen LogP contribution in [0.15, 0.2) is 73.2 Å². The van der Waals surface area contributed by atoms with Crippen LogP contribution in [0, 0.1) is 13.8 Å². The second-order valence-corrected chi connectivity index (χ2v) is 8.39. The summed E-state index contributed by atoms with van der Waals surface area (Å²) >= 11 is 0. The van der Waals surface area contributed by atoms with Gasteiger partial charge in [-0.15, -0.1) is 0 Å². The van der Waals surface area contributed by atoms with E-state index in [2.05, 4.69) is 20.4 Å².